The molecule has 0 spiro atoms. The summed E-state index contributed by atoms with van der Waals surface area (Å²) in [4.78, 5) is 24.3. The zero-order valence-electron chi connectivity index (χ0n) is 17.0. The van der Waals surface area contributed by atoms with Crippen molar-refractivity contribution >= 4 is 17.2 Å². The van der Waals surface area contributed by atoms with E-state index in [4.69, 9.17) is 10.8 Å². The van der Waals surface area contributed by atoms with Crippen LogP contribution in [0.5, 0.6) is 0 Å². The highest BCUT2D eigenvalue weighted by Crippen LogP contribution is 2.30. The normalized spacial score (nSPS) is 13.7. The first-order valence-corrected chi connectivity index (χ1v) is 10.4. The number of nitrogens with two attached hydrogens (primary N) is 1. The van der Waals surface area contributed by atoms with E-state index in [0.29, 0.717) is 27.6 Å². The number of aliphatic hydroxyl groups excluding tert-OH is 2. The van der Waals surface area contributed by atoms with Crippen LogP contribution in [0.3, 0.4) is 0 Å². The molecular formula is C20H22F3N5O3S. The molecule has 0 aliphatic rings. The lowest BCUT2D eigenvalue weighted by Gasteiger charge is -2.15. The minimum atomic E-state index is -4.48. The molecule has 3 aromatic heterocycles. The van der Waals surface area contributed by atoms with Crippen molar-refractivity contribution in [1.29, 1.82) is 0 Å². The van der Waals surface area contributed by atoms with Crippen molar-refractivity contribution in [2.45, 2.75) is 31.7 Å². The number of aryl methyl sites for hydroxylation is 1. The van der Waals surface area contributed by atoms with E-state index < -0.39 is 36.4 Å². The number of nitrogens with one attached hydrogen (secondary N) is 2. The molecule has 172 valence electrons. The van der Waals surface area contributed by atoms with E-state index in [-0.39, 0.29) is 17.9 Å². The van der Waals surface area contributed by atoms with E-state index in [1.807, 2.05) is 0 Å². The zero-order valence-corrected chi connectivity index (χ0v) is 17.8. The van der Waals surface area contributed by atoms with E-state index in [1.165, 1.54) is 12.3 Å². The lowest BCUT2D eigenvalue weighted by molar-refractivity contribution is -0.137. The summed E-state index contributed by atoms with van der Waals surface area (Å²) >= 11 is 1.16. The topological polar surface area (TPSA) is 137 Å². The summed E-state index contributed by atoms with van der Waals surface area (Å²) in [6.45, 7) is 1.51. The van der Waals surface area contributed by atoms with Crippen LogP contribution in [-0.2, 0) is 6.18 Å². The number of aliphatic hydroxyl groups is 2. The van der Waals surface area contributed by atoms with Crippen molar-refractivity contribution in [2.75, 3.05) is 13.2 Å². The fourth-order valence-corrected chi connectivity index (χ4v) is 3.99. The number of amides is 1. The van der Waals surface area contributed by atoms with Crippen molar-refractivity contribution in [3.8, 4) is 11.4 Å². The summed E-state index contributed by atoms with van der Waals surface area (Å²) in [5.74, 6) is -0.446. The number of hydrogen-bond acceptors (Lipinski definition) is 7. The average Bonchev–Trinajstić information content (AvgIpc) is 3.39. The third-order valence-corrected chi connectivity index (χ3v) is 5.92. The van der Waals surface area contributed by atoms with Gasteiger partial charge in [0, 0.05) is 12.4 Å². The van der Waals surface area contributed by atoms with Crippen molar-refractivity contribution in [3.05, 3.63) is 57.3 Å². The Hall–Kier alpha value is -2.80. The first-order chi connectivity index (χ1) is 15.1. The van der Waals surface area contributed by atoms with Gasteiger partial charge in [-0.15, -0.1) is 11.3 Å². The Morgan fingerprint density at radius 3 is 2.66 bits per heavy atom. The second-order valence-electron chi connectivity index (χ2n) is 7.07. The third kappa shape index (κ3) is 5.33. The molecule has 8 nitrogen and oxygen atoms in total. The van der Waals surface area contributed by atoms with Crippen LogP contribution in [0.15, 0.2) is 30.6 Å². The summed E-state index contributed by atoms with van der Waals surface area (Å²) < 4.78 is 38.2. The molecule has 0 saturated heterocycles. The van der Waals surface area contributed by atoms with E-state index in [9.17, 15) is 23.1 Å². The summed E-state index contributed by atoms with van der Waals surface area (Å²) in [6.07, 6.45) is -2.97. The fraction of sp³-hybridized carbons (Fsp3) is 0.350. The van der Waals surface area contributed by atoms with Crippen LogP contribution >= 0.6 is 11.3 Å². The highest BCUT2D eigenvalue weighted by molar-refractivity contribution is 7.11. The summed E-state index contributed by atoms with van der Waals surface area (Å²) in [7, 11) is 0. The van der Waals surface area contributed by atoms with Gasteiger partial charge in [-0.1, -0.05) is 0 Å². The molecule has 2 atom stereocenters. The zero-order chi connectivity index (χ0) is 23.5. The number of hydrogen-bond donors (Lipinski definition) is 5. The Balaban J connectivity index is 1.79. The predicted molar refractivity (Wildman–Crippen MR) is 112 cm³/mol. The molecule has 3 rings (SSSR count). The lowest BCUT2D eigenvalue weighted by Crippen LogP contribution is -2.30. The highest BCUT2D eigenvalue weighted by Gasteiger charge is 2.31. The van der Waals surface area contributed by atoms with Gasteiger partial charge < -0.3 is 26.2 Å². The van der Waals surface area contributed by atoms with Crippen molar-refractivity contribution < 1.29 is 28.2 Å². The molecule has 1 amide bonds. The molecule has 0 aliphatic heterocycles. The molecular weight excluding hydrogens is 447 g/mol. The Kier molecular flexibility index (Phi) is 7.29. The van der Waals surface area contributed by atoms with Gasteiger partial charge in [-0.3, -0.25) is 9.78 Å². The van der Waals surface area contributed by atoms with Crippen LogP contribution in [0, 0.1) is 6.92 Å². The molecule has 0 saturated carbocycles. The van der Waals surface area contributed by atoms with Crippen molar-refractivity contribution in [1.82, 2.24) is 20.3 Å². The molecule has 3 heterocycles. The molecule has 2 unspecified atom stereocenters. The van der Waals surface area contributed by atoms with Gasteiger partial charge in [0.25, 0.3) is 5.91 Å². The van der Waals surface area contributed by atoms with E-state index >= 15 is 0 Å². The molecule has 0 fully saturated rings. The standard InChI is InChI=1S/C20H22F3N5O3S/c1-10-6-14(12-3-2-11(7-25-12)20(21,22)23)27-17(10)18(31)28-13(4-5-24)19-26-8-16(32-19)15(30)9-29/h2-3,6-8,13,15,27,29-30H,4-5,9,24H2,1H3,(H,28,31). The first-order valence-electron chi connectivity index (χ1n) is 9.62. The van der Waals surface area contributed by atoms with Gasteiger partial charge in [0.05, 0.1) is 34.5 Å². The van der Waals surface area contributed by atoms with Crippen LogP contribution in [0.1, 0.15) is 50.1 Å². The summed E-state index contributed by atoms with van der Waals surface area (Å²) in [6, 6.07) is 3.27. The van der Waals surface area contributed by atoms with Crippen LogP contribution < -0.4 is 11.1 Å². The van der Waals surface area contributed by atoms with E-state index in [2.05, 4.69) is 20.3 Å². The molecule has 32 heavy (non-hydrogen) atoms. The third-order valence-electron chi connectivity index (χ3n) is 4.71. The SMILES string of the molecule is Cc1cc(-c2ccc(C(F)(F)F)cn2)[nH]c1C(=O)NC(CCN)c1ncc(C(O)CO)s1. The number of thiazole rings is 1. The monoisotopic (exact) mass is 469 g/mol. The van der Waals surface area contributed by atoms with Gasteiger partial charge in [-0.05, 0) is 43.7 Å². The molecule has 12 heteroatoms. The lowest BCUT2D eigenvalue weighted by atomic mass is 10.2. The first kappa shape index (κ1) is 23.9. The van der Waals surface area contributed by atoms with Crippen LogP contribution in [0.25, 0.3) is 11.4 Å². The molecule has 6 N–H and O–H groups in total. The number of pyridine rings is 1. The molecule has 0 aromatic carbocycles. The number of carbonyl (C=O) groups is 1. The number of aromatic amines is 1. The van der Waals surface area contributed by atoms with Gasteiger partial charge in [0.2, 0.25) is 0 Å². The fourth-order valence-electron chi connectivity index (χ4n) is 3.01. The number of halogens is 3. The minimum absolute atomic E-state index is 0.232. The molecule has 3 aromatic rings. The number of nitrogens with zero attached hydrogens (tertiary/aromatic N) is 2. The number of carbonyl (C=O) groups excluding carboxylic acids is 1. The van der Waals surface area contributed by atoms with Crippen LogP contribution in [0.2, 0.25) is 0 Å². The van der Waals surface area contributed by atoms with E-state index in [1.54, 1.807) is 13.0 Å². The Labute approximate surface area is 185 Å². The Morgan fingerprint density at radius 1 is 1.31 bits per heavy atom. The highest BCUT2D eigenvalue weighted by atomic mass is 32.1. The quantitative estimate of drug-likeness (QED) is 0.344. The summed E-state index contributed by atoms with van der Waals surface area (Å²) in [5, 5.41) is 22.2. The average molecular weight is 469 g/mol. The van der Waals surface area contributed by atoms with Gasteiger partial charge >= 0.3 is 6.18 Å². The smallest absolute Gasteiger partial charge is 0.393 e. The second kappa shape index (κ2) is 9.77. The number of alkyl halides is 3. The number of H-pyrrole nitrogens is 1. The maximum absolute atomic E-state index is 12.9. The molecule has 0 radical (unpaired) electrons. The molecule has 0 aliphatic carbocycles. The summed E-state index contributed by atoms with van der Waals surface area (Å²) in [5.41, 5.74) is 6.29. The Morgan fingerprint density at radius 2 is 2.06 bits per heavy atom. The van der Waals surface area contributed by atoms with Gasteiger partial charge in [-0.2, -0.15) is 13.2 Å². The number of aromatic nitrogens is 3. The Bertz CT molecular complexity index is 1070. The largest absolute Gasteiger partial charge is 0.417 e. The van der Waals surface area contributed by atoms with Gasteiger partial charge in [0.1, 0.15) is 16.8 Å². The van der Waals surface area contributed by atoms with Crippen molar-refractivity contribution in [2.24, 2.45) is 5.73 Å². The van der Waals surface area contributed by atoms with Crippen LogP contribution in [-0.4, -0.2) is 44.2 Å². The minimum Gasteiger partial charge on any atom is -0.393 e. The van der Waals surface area contributed by atoms with Crippen molar-refractivity contribution in [3.63, 3.8) is 0 Å². The second-order valence-corrected chi connectivity index (χ2v) is 8.17. The van der Waals surface area contributed by atoms with Crippen LogP contribution in [0.4, 0.5) is 13.2 Å². The predicted octanol–water partition coefficient (Wildman–Crippen LogP) is 2.71. The number of rotatable bonds is 8. The maximum atomic E-state index is 12.9. The van der Waals surface area contributed by atoms with Gasteiger partial charge in [-0.25, -0.2) is 4.98 Å². The maximum Gasteiger partial charge on any atom is 0.417 e. The van der Waals surface area contributed by atoms with E-state index in [0.717, 1.165) is 23.6 Å². The van der Waals surface area contributed by atoms with Gasteiger partial charge in [0.15, 0.2) is 0 Å². The molecule has 0 bridgehead atoms.